The van der Waals surface area contributed by atoms with Crippen LogP contribution < -0.4 is 5.32 Å². The largest absolute Gasteiger partial charge is 0.338 e. The molecule has 1 aliphatic heterocycles. The van der Waals surface area contributed by atoms with Gasteiger partial charge in [0.15, 0.2) is 0 Å². The van der Waals surface area contributed by atoms with Crippen molar-refractivity contribution < 1.29 is 4.79 Å². The normalized spacial score (nSPS) is 19.3. The van der Waals surface area contributed by atoms with Gasteiger partial charge in [-0.2, -0.15) is 0 Å². The van der Waals surface area contributed by atoms with Crippen molar-refractivity contribution in [3.63, 3.8) is 0 Å². The van der Waals surface area contributed by atoms with Crippen LogP contribution in [0.5, 0.6) is 0 Å². The summed E-state index contributed by atoms with van der Waals surface area (Å²) in [7, 11) is 1.96. The van der Waals surface area contributed by atoms with Gasteiger partial charge in [0.1, 0.15) is 0 Å². The molecule has 1 amide bonds. The van der Waals surface area contributed by atoms with E-state index in [9.17, 15) is 4.79 Å². The second kappa shape index (κ2) is 6.34. The summed E-state index contributed by atoms with van der Waals surface area (Å²) in [4.78, 5) is 14.4. The molecule has 1 N–H and O–H groups in total. The minimum Gasteiger partial charge on any atom is -0.338 e. The number of rotatable bonds is 3. The molecule has 0 radical (unpaired) electrons. The average Bonchev–Trinajstić information content (AvgIpc) is 2.80. The van der Waals surface area contributed by atoms with Gasteiger partial charge in [0.2, 0.25) is 0 Å². The lowest BCUT2D eigenvalue weighted by Gasteiger charge is -2.17. The Morgan fingerprint density at radius 2 is 2.39 bits per heavy atom. The Balaban J connectivity index is 2.10. The van der Waals surface area contributed by atoms with Crippen LogP contribution in [0.1, 0.15) is 16.8 Å². The van der Waals surface area contributed by atoms with Gasteiger partial charge >= 0.3 is 0 Å². The number of carbonyl (C=O) groups is 1. The quantitative estimate of drug-likeness (QED) is 0.759. The summed E-state index contributed by atoms with van der Waals surface area (Å²) in [5.41, 5.74) is 0.770. The number of hydrogen-bond donors (Lipinski definition) is 1. The highest BCUT2D eigenvalue weighted by molar-refractivity contribution is 14.1. The maximum absolute atomic E-state index is 12.4. The summed E-state index contributed by atoms with van der Waals surface area (Å²) < 4.78 is 1.97. The second-order valence-electron chi connectivity index (χ2n) is 4.59. The number of hydrogen-bond acceptors (Lipinski definition) is 2. The molecule has 0 spiro atoms. The summed E-state index contributed by atoms with van der Waals surface area (Å²) in [6.07, 6.45) is 1.09. The molecule has 0 aromatic heterocycles. The Morgan fingerprint density at radius 3 is 3.11 bits per heavy atom. The predicted octanol–water partition coefficient (Wildman–Crippen LogP) is 2.74. The van der Waals surface area contributed by atoms with E-state index in [0.29, 0.717) is 5.92 Å². The van der Waals surface area contributed by atoms with Crippen LogP contribution in [0.25, 0.3) is 0 Å². The molecule has 1 saturated heterocycles. The molecule has 0 bridgehead atoms. The highest BCUT2D eigenvalue weighted by Crippen LogP contribution is 2.24. The van der Waals surface area contributed by atoms with Crippen LogP contribution in [0.4, 0.5) is 0 Å². The molecule has 1 aromatic rings. The molecule has 18 heavy (non-hydrogen) atoms. The first kappa shape index (κ1) is 14.3. The molecule has 98 valence electrons. The highest BCUT2D eigenvalue weighted by atomic mass is 127. The van der Waals surface area contributed by atoms with Crippen molar-refractivity contribution in [1.82, 2.24) is 10.2 Å². The van der Waals surface area contributed by atoms with Crippen LogP contribution in [-0.2, 0) is 0 Å². The summed E-state index contributed by atoms with van der Waals surface area (Å²) in [6, 6.07) is 5.88. The monoisotopic (exact) mass is 422 g/mol. The number of benzene rings is 1. The minimum absolute atomic E-state index is 0.138. The standard InChI is InChI=1S/C13H16BrIN2O/c1-16-7-9-4-5-17(8-9)13(18)11-6-10(15)2-3-12(11)14/h2-3,6,9,16H,4-5,7-8H2,1H3. The first-order valence-electron chi connectivity index (χ1n) is 6.00. The zero-order valence-corrected chi connectivity index (χ0v) is 14.0. The van der Waals surface area contributed by atoms with Gasteiger partial charge in [0.05, 0.1) is 5.56 Å². The van der Waals surface area contributed by atoms with Gasteiger partial charge in [0.25, 0.3) is 5.91 Å². The number of likely N-dealkylation sites (tertiary alicyclic amines) is 1. The average molecular weight is 423 g/mol. The second-order valence-corrected chi connectivity index (χ2v) is 6.69. The van der Waals surface area contributed by atoms with Gasteiger partial charge in [-0.25, -0.2) is 0 Å². The molecule has 5 heteroatoms. The van der Waals surface area contributed by atoms with E-state index in [0.717, 1.165) is 39.7 Å². The summed E-state index contributed by atoms with van der Waals surface area (Å²) in [5.74, 6) is 0.722. The third kappa shape index (κ3) is 3.24. The number of nitrogens with zero attached hydrogens (tertiary/aromatic N) is 1. The zero-order valence-electron chi connectivity index (χ0n) is 10.2. The van der Waals surface area contributed by atoms with E-state index in [1.807, 2.05) is 30.1 Å². The van der Waals surface area contributed by atoms with Crippen LogP contribution >= 0.6 is 38.5 Å². The van der Waals surface area contributed by atoms with Crippen molar-refractivity contribution in [3.8, 4) is 0 Å². The van der Waals surface area contributed by atoms with Crippen molar-refractivity contribution >= 4 is 44.4 Å². The van der Waals surface area contributed by atoms with E-state index in [1.165, 1.54) is 0 Å². The molecule has 1 fully saturated rings. The molecule has 1 unspecified atom stereocenters. The topological polar surface area (TPSA) is 32.3 Å². The van der Waals surface area contributed by atoms with Crippen molar-refractivity contribution in [2.75, 3.05) is 26.7 Å². The molecule has 1 atom stereocenters. The number of halogens is 2. The maximum atomic E-state index is 12.4. The third-order valence-corrected chi connectivity index (χ3v) is 4.59. The Bertz CT molecular complexity index is 453. The van der Waals surface area contributed by atoms with E-state index in [2.05, 4.69) is 43.8 Å². The molecule has 1 aromatic carbocycles. The summed E-state index contributed by atoms with van der Waals surface area (Å²) in [5, 5.41) is 3.18. The molecule has 0 aliphatic carbocycles. The third-order valence-electron chi connectivity index (χ3n) is 3.22. The van der Waals surface area contributed by atoms with E-state index < -0.39 is 0 Å². The highest BCUT2D eigenvalue weighted by Gasteiger charge is 2.27. The lowest BCUT2D eigenvalue weighted by molar-refractivity contribution is 0.0786. The van der Waals surface area contributed by atoms with Crippen molar-refractivity contribution in [1.29, 1.82) is 0 Å². The van der Waals surface area contributed by atoms with Gasteiger partial charge in [-0.1, -0.05) is 0 Å². The van der Waals surface area contributed by atoms with E-state index >= 15 is 0 Å². The molecule has 2 rings (SSSR count). The minimum atomic E-state index is 0.138. The molecular weight excluding hydrogens is 407 g/mol. The fraction of sp³-hybridized carbons (Fsp3) is 0.462. The van der Waals surface area contributed by atoms with Crippen LogP contribution in [-0.4, -0.2) is 37.5 Å². The van der Waals surface area contributed by atoms with Gasteiger partial charge in [-0.3, -0.25) is 4.79 Å². The lowest BCUT2D eigenvalue weighted by atomic mass is 10.1. The van der Waals surface area contributed by atoms with Crippen molar-refractivity contribution in [2.24, 2.45) is 5.92 Å². The SMILES string of the molecule is CNCC1CCN(C(=O)c2cc(I)ccc2Br)C1. The fourth-order valence-corrected chi connectivity index (χ4v) is 3.21. The Hall–Kier alpha value is -0.140. The van der Waals surface area contributed by atoms with E-state index in [-0.39, 0.29) is 5.91 Å². The van der Waals surface area contributed by atoms with Crippen LogP contribution in [0, 0.1) is 9.49 Å². The first-order valence-corrected chi connectivity index (χ1v) is 7.88. The smallest absolute Gasteiger partial charge is 0.255 e. The van der Waals surface area contributed by atoms with Crippen LogP contribution in [0.15, 0.2) is 22.7 Å². The van der Waals surface area contributed by atoms with E-state index in [1.54, 1.807) is 0 Å². The lowest BCUT2D eigenvalue weighted by Crippen LogP contribution is -2.30. The molecule has 3 nitrogen and oxygen atoms in total. The van der Waals surface area contributed by atoms with Crippen LogP contribution in [0.3, 0.4) is 0 Å². The Morgan fingerprint density at radius 1 is 1.61 bits per heavy atom. The first-order chi connectivity index (χ1) is 8.61. The molecule has 1 heterocycles. The van der Waals surface area contributed by atoms with Gasteiger partial charge in [-0.15, -0.1) is 0 Å². The van der Waals surface area contributed by atoms with Gasteiger partial charge < -0.3 is 10.2 Å². The molecule has 0 saturated carbocycles. The van der Waals surface area contributed by atoms with Gasteiger partial charge in [0, 0.05) is 21.1 Å². The zero-order chi connectivity index (χ0) is 13.1. The Labute approximate surface area is 130 Å². The number of nitrogens with one attached hydrogen (secondary N) is 1. The van der Waals surface area contributed by atoms with Gasteiger partial charge in [-0.05, 0) is 82.7 Å². The summed E-state index contributed by atoms with van der Waals surface area (Å²) >= 11 is 5.70. The van der Waals surface area contributed by atoms with Crippen LogP contribution in [0.2, 0.25) is 0 Å². The summed E-state index contributed by atoms with van der Waals surface area (Å²) in [6.45, 7) is 2.71. The number of amides is 1. The maximum Gasteiger partial charge on any atom is 0.255 e. The molecule has 1 aliphatic rings. The number of carbonyl (C=O) groups excluding carboxylic acids is 1. The fourth-order valence-electron chi connectivity index (χ4n) is 2.30. The Kier molecular flexibility index (Phi) is 5.03. The molecular formula is C13H16BrIN2O. The van der Waals surface area contributed by atoms with E-state index in [4.69, 9.17) is 0 Å². The van der Waals surface area contributed by atoms with Crippen molar-refractivity contribution in [3.05, 3.63) is 31.8 Å². The predicted molar refractivity (Wildman–Crippen MR) is 84.8 cm³/mol. The van der Waals surface area contributed by atoms with Crippen molar-refractivity contribution in [2.45, 2.75) is 6.42 Å².